The van der Waals surface area contributed by atoms with E-state index >= 15 is 0 Å². The average Bonchev–Trinajstić information content (AvgIpc) is 2.97. The van der Waals surface area contributed by atoms with E-state index in [1.165, 1.54) is 55.6 Å². The Morgan fingerprint density at radius 3 is 0.947 bits per heavy atom. The molecule has 0 nitrogen and oxygen atoms in total. The molecule has 0 N–H and O–H groups in total. The predicted molar refractivity (Wildman–Crippen MR) is 169 cm³/mol. The van der Waals surface area contributed by atoms with Crippen molar-refractivity contribution in [3.05, 3.63) is 155 Å². The van der Waals surface area contributed by atoms with Gasteiger partial charge in [0, 0.05) is 8.95 Å². The quantitative estimate of drug-likeness (QED) is 0.181. The van der Waals surface area contributed by atoms with Gasteiger partial charge in [-0.1, -0.05) is 123 Å². The number of hydrogen-bond donors (Lipinski definition) is 0. The summed E-state index contributed by atoms with van der Waals surface area (Å²) in [4.78, 5) is 0. The molecular weight excluding hydrogens is 592 g/mol. The summed E-state index contributed by atoms with van der Waals surface area (Å²) in [6.07, 6.45) is 0. The van der Waals surface area contributed by atoms with Gasteiger partial charge in [-0.2, -0.15) is 0 Å². The Balaban J connectivity index is 1.46. The zero-order chi connectivity index (χ0) is 25.9. The fourth-order valence-electron chi connectivity index (χ4n) is 4.85. The predicted octanol–water partition coefficient (Wildman–Crippen LogP) is 11.5. The molecule has 0 atom stereocenters. The summed E-state index contributed by atoms with van der Waals surface area (Å²) < 4.78 is 2.15. The van der Waals surface area contributed by atoms with E-state index in [-0.39, 0.29) is 0 Å². The van der Waals surface area contributed by atoms with Crippen molar-refractivity contribution < 1.29 is 0 Å². The highest BCUT2D eigenvalue weighted by Crippen LogP contribution is 2.36. The minimum atomic E-state index is 1.07. The summed E-state index contributed by atoms with van der Waals surface area (Å²) in [6, 6.07) is 52.1. The molecule has 6 rings (SSSR count). The van der Waals surface area contributed by atoms with Crippen molar-refractivity contribution in [2.24, 2.45) is 0 Å². The molecule has 0 aliphatic heterocycles. The van der Waals surface area contributed by atoms with E-state index in [0.717, 1.165) is 8.95 Å². The average molecular weight is 616 g/mol. The second-order valence-electron chi connectivity index (χ2n) is 9.35. The van der Waals surface area contributed by atoms with Crippen LogP contribution in [0.3, 0.4) is 0 Å². The Hall–Kier alpha value is -3.72. The molecule has 0 heterocycles. The molecule has 0 fully saturated rings. The summed E-state index contributed by atoms with van der Waals surface area (Å²) in [5, 5.41) is 0. The first-order chi connectivity index (χ1) is 18.6. The first-order valence-electron chi connectivity index (χ1n) is 12.6. The van der Waals surface area contributed by atoms with E-state index in [1.54, 1.807) is 0 Å². The molecule has 6 aromatic carbocycles. The highest BCUT2D eigenvalue weighted by Gasteiger charge is 2.10. The van der Waals surface area contributed by atoms with Crippen LogP contribution in [0.4, 0.5) is 0 Å². The zero-order valence-electron chi connectivity index (χ0n) is 20.6. The van der Waals surface area contributed by atoms with Gasteiger partial charge in [0.15, 0.2) is 0 Å². The molecule has 182 valence electrons. The lowest BCUT2D eigenvalue weighted by Crippen LogP contribution is -1.87. The summed E-state index contributed by atoms with van der Waals surface area (Å²) in [6.45, 7) is 0. The standard InChI is InChI=1S/C36H24Br2/c37-35-16-6-14-30(23-35)33-20-32(21-34(22-33)31-15-7-17-36(38)24-31)29-13-5-12-28(19-29)27-11-4-10-26(18-27)25-8-2-1-3-9-25/h1-24H. The summed E-state index contributed by atoms with van der Waals surface area (Å²) in [7, 11) is 0. The van der Waals surface area contributed by atoms with Crippen molar-refractivity contribution in [3.63, 3.8) is 0 Å². The number of hydrogen-bond acceptors (Lipinski definition) is 0. The largest absolute Gasteiger partial charge is 0.0622 e. The maximum absolute atomic E-state index is 3.65. The third kappa shape index (κ3) is 5.43. The zero-order valence-corrected chi connectivity index (χ0v) is 23.8. The van der Waals surface area contributed by atoms with Crippen LogP contribution in [0.2, 0.25) is 0 Å². The van der Waals surface area contributed by atoms with Crippen LogP contribution in [0.1, 0.15) is 0 Å². The fraction of sp³-hybridized carbons (Fsp3) is 0. The molecule has 0 saturated carbocycles. The van der Waals surface area contributed by atoms with Gasteiger partial charge in [0.2, 0.25) is 0 Å². The molecule has 0 aromatic heterocycles. The van der Waals surface area contributed by atoms with Crippen LogP contribution in [0, 0.1) is 0 Å². The number of rotatable bonds is 5. The summed E-state index contributed by atoms with van der Waals surface area (Å²) >= 11 is 7.30. The van der Waals surface area contributed by atoms with E-state index in [1.807, 2.05) is 0 Å². The Bertz CT molecular complexity index is 1670. The van der Waals surface area contributed by atoms with Gasteiger partial charge < -0.3 is 0 Å². The Morgan fingerprint density at radius 2 is 0.526 bits per heavy atom. The first kappa shape index (κ1) is 24.6. The number of benzene rings is 6. The smallest absolute Gasteiger partial charge is 0.0181 e. The highest BCUT2D eigenvalue weighted by molar-refractivity contribution is 9.10. The van der Waals surface area contributed by atoms with Crippen LogP contribution in [0.5, 0.6) is 0 Å². The van der Waals surface area contributed by atoms with Gasteiger partial charge in [0.25, 0.3) is 0 Å². The van der Waals surface area contributed by atoms with Crippen LogP contribution in [0.25, 0.3) is 55.6 Å². The van der Waals surface area contributed by atoms with Crippen molar-refractivity contribution in [2.45, 2.75) is 0 Å². The Labute approximate surface area is 240 Å². The van der Waals surface area contributed by atoms with Gasteiger partial charge in [-0.3, -0.25) is 0 Å². The van der Waals surface area contributed by atoms with Gasteiger partial charge >= 0.3 is 0 Å². The third-order valence-corrected chi connectivity index (χ3v) is 7.73. The summed E-state index contributed by atoms with van der Waals surface area (Å²) in [5.74, 6) is 0. The van der Waals surface area contributed by atoms with Crippen LogP contribution in [-0.4, -0.2) is 0 Å². The molecule has 0 spiro atoms. The van der Waals surface area contributed by atoms with E-state index in [9.17, 15) is 0 Å². The van der Waals surface area contributed by atoms with E-state index in [0.29, 0.717) is 0 Å². The van der Waals surface area contributed by atoms with Gasteiger partial charge in [0.1, 0.15) is 0 Å². The topological polar surface area (TPSA) is 0 Å². The molecule has 6 aromatic rings. The van der Waals surface area contributed by atoms with E-state index in [2.05, 4.69) is 177 Å². The van der Waals surface area contributed by atoms with Crippen LogP contribution in [-0.2, 0) is 0 Å². The van der Waals surface area contributed by atoms with Gasteiger partial charge in [-0.15, -0.1) is 0 Å². The maximum Gasteiger partial charge on any atom is 0.0181 e. The fourth-order valence-corrected chi connectivity index (χ4v) is 5.65. The normalized spacial score (nSPS) is 10.9. The monoisotopic (exact) mass is 614 g/mol. The minimum absolute atomic E-state index is 1.07. The first-order valence-corrected chi connectivity index (χ1v) is 14.1. The van der Waals surface area contributed by atoms with Gasteiger partial charge in [-0.05, 0) is 110 Å². The molecule has 0 unspecified atom stereocenters. The van der Waals surface area contributed by atoms with Crippen molar-refractivity contribution in [2.75, 3.05) is 0 Å². The van der Waals surface area contributed by atoms with Gasteiger partial charge in [0.05, 0.1) is 0 Å². The molecule has 38 heavy (non-hydrogen) atoms. The van der Waals surface area contributed by atoms with Crippen LogP contribution in [0.15, 0.2) is 155 Å². The second-order valence-corrected chi connectivity index (χ2v) is 11.2. The lowest BCUT2D eigenvalue weighted by atomic mass is 9.92. The Kier molecular flexibility index (Phi) is 7.09. The molecule has 0 saturated heterocycles. The van der Waals surface area contributed by atoms with Crippen LogP contribution < -0.4 is 0 Å². The maximum atomic E-state index is 3.65. The molecule has 0 amide bonds. The highest BCUT2D eigenvalue weighted by atomic mass is 79.9. The minimum Gasteiger partial charge on any atom is -0.0622 e. The summed E-state index contributed by atoms with van der Waals surface area (Å²) in [5.41, 5.74) is 12.0. The number of halogens is 2. The van der Waals surface area contributed by atoms with Crippen molar-refractivity contribution in [1.82, 2.24) is 0 Å². The lowest BCUT2D eigenvalue weighted by Gasteiger charge is -2.13. The second kappa shape index (κ2) is 10.9. The molecule has 0 bridgehead atoms. The van der Waals surface area contributed by atoms with Crippen molar-refractivity contribution >= 4 is 31.9 Å². The molecular formula is C36H24Br2. The Morgan fingerprint density at radius 1 is 0.237 bits per heavy atom. The van der Waals surface area contributed by atoms with E-state index < -0.39 is 0 Å². The van der Waals surface area contributed by atoms with Crippen molar-refractivity contribution in [3.8, 4) is 55.6 Å². The molecule has 2 heteroatoms. The molecule has 0 aliphatic rings. The molecule has 0 aliphatic carbocycles. The third-order valence-electron chi connectivity index (χ3n) is 6.75. The van der Waals surface area contributed by atoms with Gasteiger partial charge in [-0.25, -0.2) is 0 Å². The van der Waals surface area contributed by atoms with Crippen LogP contribution >= 0.6 is 31.9 Å². The van der Waals surface area contributed by atoms with Crippen molar-refractivity contribution in [1.29, 1.82) is 0 Å². The lowest BCUT2D eigenvalue weighted by molar-refractivity contribution is 1.54. The van der Waals surface area contributed by atoms with E-state index in [4.69, 9.17) is 0 Å². The SMILES string of the molecule is Brc1cccc(-c2cc(-c3cccc(Br)c3)cc(-c3cccc(-c4cccc(-c5ccccc5)c4)c3)c2)c1. The molecule has 0 radical (unpaired) electrons.